The molecule has 0 radical (unpaired) electrons. The van der Waals surface area contributed by atoms with E-state index < -0.39 is 10.0 Å². The van der Waals surface area contributed by atoms with Crippen LogP contribution in [-0.2, 0) is 10.0 Å². The maximum absolute atomic E-state index is 13.1. The second-order valence-corrected chi connectivity index (χ2v) is 9.47. The van der Waals surface area contributed by atoms with E-state index in [0.29, 0.717) is 23.2 Å². The third-order valence-corrected chi connectivity index (χ3v) is 7.70. The van der Waals surface area contributed by atoms with Crippen LogP contribution >= 0.6 is 0 Å². The first kappa shape index (κ1) is 18.3. The normalized spacial score (nSPS) is 20.1. The lowest BCUT2D eigenvalue weighted by atomic mass is 9.93. The number of hydrogen-bond acceptors (Lipinski definition) is 4. The Morgan fingerprint density at radius 2 is 1.93 bits per heavy atom. The fraction of sp³-hybridized carbons (Fsp3) is 0.261. The first-order chi connectivity index (χ1) is 14.1. The number of benzene rings is 2. The number of rotatable bonds is 5. The van der Waals surface area contributed by atoms with E-state index in [0.717, 1.165) is 36.6 Å². The molecule has 148 valence electrons. The van der Waals surface area contributed by atoms with Gasteiger partial charge in [-0.05, 0) is 36.5 Å². The largest absolute Gasteiger partial charge is 0.310 e. The summed E-state index contributed by atoms with van der Waals surface area (Å²) in [5.41, 5.74) is 3.35. The molecule has 0 saturated heterocycles. The fourth-order valence-electron chi connectivity index (χ4n) is 4.42. The van der Waals surface area contributed by atoms with Crippen molar-refractivity contribution in [2.24, 2.45) is 0 Å². The van der Waals surface area contributed by atoms with Crippen molar-refractivity contribution in [3.8, 4) is 0 Å². The molecule has 1 aromatic heterocycles. The Morgan fingerprint density at radius 1 is 1.07 bits per heavy atom. The van der Waals surface area contributed by atoms with Crippen LogP contribution in [0.4, 0.5) is 5.69 Å². The molecule has 2 aromatic carbocycles. The van der Waals surface area contributed by atoms with Gasteiger partial charge in [0.1, 0.15) is 0 Å². The topological polar surface area (TPSA) is 62.3 Å². The lowest BCUT2D eigenvalue weighted by Crippen LogP contribution is -2.34. The average molecular weight is 406 g/mol. The van der Waals surface area contributed by atoms with Crippen molar-refractivity contribution in [1.82, 2.24) is 10.3 Å². The molecule has 0 saturated carbocycles. The van der Waals surface area contributed by atoms with E-state index in [9.17, 15) is 8.42 Å². The molecule has 0 spiro atoms. The maximum Gasteiger partial charge on any atom is 0.265 e. The van der Waals surface area contributed by atoms with Gasteiger partial charge in [0.25, 0.3) is 10.0 Å². The molecule has 6 heteroatoms. The highest BCUT2D eigenvalue weighted by molar-refractivity contribution is 7.93. The van der Waals surface area contributed by atoms with E-state index in [1.807, 2.05) is 12.1 Å². The summed E-state index contributed by atoms with van der Waals surface area (Å²) in [6.07, 6.45) is 8.34. The molecule has 1 atom stereocenters. The molecule has 2 aliphatic rings. The molecule has 0 amide bonds. The Morgan fingerprint density at radius 3 is 2.79 bits per heavy atom. The minimum atomic E-state index is -3.49. The van der Waals surface area contributed by atoms with Gasteiger partial charge in [-0.15, -0.1) is 0 Å². The highest BCUT2D eigenvalue weighted by Gasteiger charge is 2.35. The third-order valence-electron chi connectivity index (χ3n) is 5.84. The van der Waals surface area contributed by atoms with E-state index in [4.69, 9.17) is 0 Å². The van der Waals surface area contributed by atoms with Crippen LogP contribution in [-0.4, -0.2) is 32.5 Å². The van der Waals surface area contributed by atoms with Crippen molar-refractivity contribution >= 4 is 32.1 Å². The van der Waals surface area contributed by atoms with Crippen molar-refractivity contribution < 1.29 is 8.42 Å². The molecular weight excluding hydrogens is 382 g/mol. The Labute approximate surface area is 171 Å². The lowest BCUT2D eigenvalue weighted by Gasteiger charge is -2.26. The molecule has 0 aliphatic carbocycles. The summed E-state index contributed by atoms with van der Waals surface area (Å²) in [7, 11) is -3.49. The fourth-order valence-corrected chi connectivity index (χ4v) is 6.15. The van der Waals surface area contributed by atoms with Crippen LogP contribution in [0.15, 0.2) is 71.9 Å². The van der Waals surface area contributed by atoms with E-state index in [1.54, 1.807) is 24.5 Å². The molecule has 2 aliphatic heterocycles. The van der Waals surface area contributed by atoms with Crippen LogP contribution < -0.4 is 9.62 Å². The minimum absolute atomic E-state index is 0.358. The zero-order chi connectivity index (χ0) is 19.8. The standard InChI is InChI=1S/C23H23N3O2S/c27-29(28)22-10-4-8-19-15-24-16-21(23(19)22)26(29)13-5-9-20-14-18(11-12-25-20)17-6-2-1-3-7-17/h1-4,6-8,10-11,15-16,20,25H,5,9,12-14H2. The highest BCUT2D eigenvalue weighted by Crippen LogP contribution is 2.41. The van der Waals surface area contributed by atoms with Gasteiger partial charge in [-0.2, -0.15) is 0 Å². The molecular formula is C23H23N3O2S. The van der Waals surface area contributed by atoms with E-state index in [-0.39, 0.29) is 0 Å². The minimum Gasteiger partial charge on any atom is -0.310 e. The zero-order valence-electron chi connectivity index (χ0n) is 16.1. The second-order valence-electron chi connectivity index (χ2n) is 7.64. The number of nitrogens with zero attached hydrogens (tertiary/aromatic N) is 2. The van der Waals surface area contributed by atoms with E-state index in [1.165, 1.54) is 15.4 Å². The van der Waals surface area contributed by atoms with Gasteiger partial charge < -0.3 is 5.32 Å². The van der Waals surface area contributed by atoms with Gasteiger partial charge in [-0.1, -0.05) is 48.5 Å². The molecule has 5 nitrogen and oxygen atoms in total. The number of hydrogen-bond donors (Lipinski definition) is 1. The summed E-state index contributed by atoms with van der Waals surface area (Å²) in [4.78, 5) is 4.65. The molecule has 1 unspecified atom stereocenters. The number of sulfonamides is 1. The molecule has 3 heterocycles. The Balaban J connectivity index is 1.28. The van der Waals surface area contributed by atoms with Crippen molar-refractivity contribution in [2.75, 3.05) is 17.4 Å². The average Bonchev–Trinajstić information content (AvgIpc) is 2.98. The van der Waals surface area contributed by atoms with Crippen LogP contribution in [0.1, 0.15) is 24.8 Å². The third kappa shape index (κ3) is 3.22. The zero-order valence-corrected chi connectivity index (χ0v) is 16.9. The molecule has 0 bridgehead atoms. The van der Waals surface area contributed by atoms with E-state index >= 15 is 0 Å². The van der Waals surface area contributed by atoms with Crippen molar-refractivity contribution in [3.05, 3.63) is 72.6 Å². The SMILES string of the molecule is O=S1(=O)c2cccc3cncc(c23)N1CCCC1CC(c2ccccc2)=CCN1. The summed E-state index contributed by atoms with van der Waals surface area (Å²) in [6, 6.07) is 16.2. The predicted octanol–water partition coefficient (Wildman–Crippen LogP) is 3.97. The quantitative estimate of drug-likeness (QED) is 0.698. The molecule has 0 fully saturated rings. The van der Waals surface area contributed by atoms with Gasteiger partial charge in [0.05, 0.1) is 16.8 Å². The summed E-state index contributed by atoms with van der Waals surface area (Å²) >= 11 is 0. The van der Waals surface area contributed by atoms with Crippen LogP contribution in [0, 0.1) is 0 Å². The molecule has 5 rings (SSSR count). The van der Waals surface area contributed by atoms with Gasteiger partial charge in [0.15, 0.2) is 0 Å². The first-order valence-corrected chi connectivity index (χ1v) is 11.5. The number of pyridine rings is 1. The predicted molar refractivity (Wildman–Crippen MR) is 116 cm³/mol. The lowest BCUT2D eigenvalue weighted by molar-refractivity contribution is 0.487. The van der Waals surface area contributed by atoms with Crippen LogP contribution in [0.25, 0.3) is 16.3 Å². The Bertz CT molecular complexity index is 1180. The van der Waals surface area contributed by atoms with Crippen LogP contribution in [0.2, 0.25) is 0 Å². The van der Waals surface area contributed by atoms with Gasteiger partial charge in [-0.3, -0.25) is 9.29 Å². The van der Waals surface area contributed by atoms with Gasteiger partial charge in [0.2, 0.25) is 0 Å². The van der Waals surface area contributed by atoms with Gasteiger partial charge in [0, 0.05) is 36.1 Å². The summed E-state index contributed by atoms with van der Waals surface area (Å²) in [5.74, 6) is 0. The first-order valence-electron chi connectivity index (χ1n) is 10.0. The Hall–Kier alpha value is -2.70. The second kappa shape index (κ2) is 7.28. The summed E-state index contributed by atoms with van der Waals surface area (Å²) in [6.45, 7) is 1.33. The molecule has 1 N–H and O–H groups in total. The monoisotopic (exact) mass is 405 g/mol. The van der Waals surface area contributed by atoms with Crippen molar-refractivity contribution in [3.63, 3.8) is 0 Å². The number of anilines is 1. The van der Waals surface area contributed by atoms with Gasteiger partial charge in [-0.25, -0.2) is 8.42 Å². The molecule has 29 heavy (non-hydrogen) atoms. The number of aromatic nitrogens is 1. The van der Waals surface area contributed by atoms with Gasteiger partial charge >= 0.3 is 0 Å². The van der Waals surface area contributed by atoms with Crippen molar-refractivity contribution in [2.45, 2.75) is 30.2 Å². The van der Waals surface area contributed by atoms with Crippen molar-refractivity contribution in [1.29, 1.82) is 0 Å². The van der Waals surface area contributed by atoms with E-state index in [2.05, 4.69) is 40.6 Å². The summed E-state index contributed by atoms with van der Waals surface area (Å²) in [5, 5.41) is 5.22. The Kier molecular flexibility index (Phi) is 4.60. The maximum atomic E-state index is 13.1. The molecule has 3 aromatic rings. The number of nitrogens with one attached hydrogen (secondary N) is 1. The summed E-state index contributed by atoms with van der Waals surface area (Å²) < 4.78 is 27.7. The highest BCUT2D eigenvalue weighted by atomic mass is 32.2. The van der Waals surface area contributed by atoms with Crippen LogP contribution in [0.3, 0.4) is 0 Å². The van der Waals surface area contributed by atoms with Crippen LogP contribution in [0.5, 0.6) is 0 Å². The smallest absolute Gasteiger partial charge is 0.265 e.